The number of aliphatic imine (C=N–C) groups is 1. The topological polar surface area (TPSA) is 76.8 Å². The van der Waals surface area contributed by atoms with Crippen LogP contribution in [-0.4, -0.2) is 12.2 Å². The Bertz CT molecular complexity index is 372. The van der Waals surface area contributed by atoms with E-state index in [9.17, 15) is 8.78 Å². The molecule has 1 rings (SSSR count). The highest BCUT2D eigenvalue weighted by Gasteiger charge is 2.04. The molecule has 0 heterocycles. The molecule has 0 bridgehead atoms. The number of rotatable bonds is 1. The third-order valence-electron chi connectivity index (χ3n) is 1.46. The summed E-state index contributed by atoms with van der Waals surface area (Å²) < 4.78 is 25.9. The molecule has 0 atom stereocenters. The maximum Gasteiger partial charge on any atom is 0.236 e. The molecule has 1 aromatic carbocycles. The molecule has 0 aliphatic carbocycles. The van der Waals surface area contributed by atoms with Crippen molar-refractivity contribution in [2.75, 3.05) is 0 Å². The second kappa shape index (κ2) is 5.92. The van der Waals surface area contributed by atoms with Gasteiger partial charge in [-0.1, -0.05) is 6.07 Å². The van der Waals surface area contributed by atoms with Crippen molar-refractivity contribution >= 4 is 24.6 Å². The van der Waals surface area contributed by atoms with Crippen LogP contribution in [0.2, 0.25) is 0 Å². The molecule has 0 aliphatic heterocycles. The maximum atomic E-state index is 13.0. The first-order chi connectivity index (χ1) is 6.65. The Kier molecular flexibility index (Phi) is 5.25. The summed E-state index contributed by atoms with van der Waals surface area (Å²) in [6.07, 6.45) is 0.927. The summed E-state index contributed by atoms with van der Waals surface area (Å²) in [7, 11) is 0. The number of nitrogens with zero attached hydrogens (tertiary/aromatic N) is 2. The molecular formula is C8H9ClF2N4. The average Bonchev–Trinajstić information content (AvgIpc) is 2.16. The molecule has 0 amide bonds. The molecule has 7 heteroatoms. The quantitative estimate of drug-likeness (QED) is 0.329. The lowest BCUT2D eigenvalue weighted by Crippen LogP contribution is -2.11. The van der Waals surface area contributed by atoms with Crippen LogP contribution in [0.1, 0.15) is 5.56 Å². The lowest BCUT2D eigenvalue weighted by molar-refractivity contribution is 0.580. The number of benzene rings is 1. The van der Waals surface area contributed by atoms with Crippen molar-refractivity contribution in [3.8, 4) is 0 Å². The predicted molar refractivity (Wildman–Crippen MR) is 57.0 cm³/mol. The third kappa shape index (κ3) is 3.51. The van der Waals surface area contributed by atoms with Gasteiger partial charge in [-0.3, -0.25) is 0 Å². The van der Waals surface area contributed by atoms with Crippen molar-refractivity contribution in [2.45, 2.75) is 0 Å². The molecule has 4 nitrogen and oxygen atoms in total. The highest BCUT2D eigenvalue weighted by molar-refractivity contribution is 5.92. The minimum atomic E-state index is -0.724. The fourth-order valence-electron chi connectivity index (χ4n) is 0.798. The zero-order valence-corrected chi connectivity index (χ0v) is 8.34. The first kappa shape index (κ1) is 13.3. The minimum absolute atomic E-state index is 0. The maximum absolute atomic E-state index is 13.0. The van der Waals surface area contributed by atoms with Gasteiger partial charge in [-0.15, -0.1) is 17.5 Å². The van der Waals surface area contributed by atoms with Crippen LogP contribution in [0.25, 0.3) is 0 Å². The molecule has 0 saturated heterocycles. The monoisotopic (exact) mass is 234 g/mol. The number of hydrogen-bond acceptors (Lipinski definition) is 2. The molecule has 0 spiro atoms. The van der Waals surface area contributed by atoms with E-state index < -0.39 is 11.6 Å². The van der Waals surface area contributed by atoms with Crippen LogP contribution < -0.4 is 11.6 Å². The third-order valence-corrected chi connectivity index (χ3v) is 1.46. The first-order valence-electron chi connectivity index (χ1n) is 3.66. The Morgan fingerprint density at radius 1 is 1.27 bits per heavy atom. The van der Waals surface area contributed by atoms with Crippen LogP contribution in [0, 0.1) is 11.6 Å². The SMILES string of the molecule is Cl.NN=C(N)N=Cc1c(F)cccc1F. The van der Waals surface area contributed by atoms with Crippen LogP contribution in [0.15, 0.2) is 28.3 Å². The second-order valence-corrected chi connectivity index (χ2v) is 2.38. The van der Waals surface area contributed by atoms with E-state index in [-0.39, 0.29) is 23.9 Å². The van der Waals surface area contributed by atoms with Crippen molar-refractivity contribution in [1.29, 1.82) is 0 Å². The molecule has 0 saturated carbocycles. The lowest BCUT2D eigenvalue weighted by atomic mass is 10.2. The summed E-state index contributed by atoms with van der Waals surface area (Å²) in [5, 5.41) is 3.01. The van der Waals surface area contributed by atoms with Gasteiger partial charge in [0, 0.05) is 6.21 Å². The van der Waals surface area contributed by atoms with Crippen molar-refractivity contribution in [1.82, 2.24) is 0 Å². The Balaban J connectivity index is 0.00000196. The van der Waals surface area contributed by atoms with Gasteiger partial charge >= 0.3 is 0 Å². The van der Waals surface area contributed by atoms with E-state index in [0.717, 1.165) is 18.3 Å². The summed E-state index contributed by atoms with van der Waals surface area (Å²) in [6, 6.07) is 3.48. The largest absolute Gasteiger partial charge is 0.367 e. The Labute approximate surface area is 91.1 Å². The normalized spacial score (nSPS) is 11.5. The number of hydrazone groups is 1. The zero-order valence-electron chi connectivity index (χ0n) is 7.52. The molecule has 4 N–H and O–H groups in total. The van der Waals surface area contributed by atoms with Crippen molar-refractivity contribution < 1.29 is 8.78 Å². The number of halogens is 3. The summed E-state index contributed by atoms with van der Waals surface area (Å²) >= 11 is 0. The number of nitrogens with two attached hydrogens (primary N) is 2. The summed E-state index contributed by atoms with van der Waals surface area (Å²) in [5.74, 6) is 3.07. The Hall–Kier alpha value is -1.69. The minimum Gasteiger partial charge on any atom is -0.367 e. The van der Waals surface area contributed by atoms with E-state index in [4.69, 9.17) is 11.6 Å². The van der Waals surface area contributed by atoms with Crippen LogP contribution in [-0.2, 0) is 0 Å². The lowest BCUT2D eigenvalue weighted by Gasteiger charge is -1.96. The molecule has 0 unspecified atom stereocenters. The fourth-order valence-corrected chi connectivity index (χ4v) is 0.798. The predicted octanol–water partition coefficient (Wildman–Crippen LogP) is 0.994. The molecule has 0 aromatic heterocycles. The van der Waals surface area contributed by atoms with Gasteiger partial charge in [-0.05, 0) is 12.1 Å². The van der Waals surface area contributed by atoms with Crippen molar-refractivity contribution in [3.05, 3.63) is 35.4 Å². The van der Waals surface area contributed by atoms with Crippen LogP contribution >= 0.6 is 12.4 Å². The number of guanidine groups is 1. The van der Waals surface area contributed by atoms with E-state index >= 15 is 0 Å². The van der Waals surface area contributed by atoms with E-state index in [1.807, 2.05) is 0 Å². The summed E-state index contributed by atoms with van der Waals surface area (Å²) in [6.45, 7) is 0. The average molecular weight is 235 g/mol. The first-order valence-corrected chi connectivity index (χ1v) is 3.66. The fraction of sp³-hybridized carbons (Fsp3) is 0. The van der Waals surface area contributed by atoms with Gasteiger partial charge < -0.3 is 11.6 Å². The van der Waals surface area contributed by atoms with Gasteiger partial charge in [0.2, 0.25) is 5.96 Å². The van der Waals surface area contributed by atoms with Gasteiger partial charge in [-0.2, -0.15) is 0 Å². The standard InChI is InChI=1S/C8H8F2N4.ClH/c9-6-2-1-3-7(10)5(6)4-13-8(11)14-12;/h1-4H,12H2,(H2,11,14);1H. The Morgan fingerprint density at radius 2 is 1.80 bits per heavy atom. The molecule has 0 radical (unpaired) electrons. The van der Waals surface area contributed by atoms with Gasteiger partial charge in [0.1, 0.15) is 11.6 Å². The highest BCUT2D eigenvalue weighted by atomic mass is 35.5. The van der Waals surface area contributed by atoms with Gasteiger partial charge in [0.05, 0.1) is 5.56 Å². The van der Waals surface area contributed by atoms with Gasteiger partial charge in [0.25, 0.3) is 0 Å². The van der Waals surface area contributed by atoms with E-state index in [2.05, 4.69) is 10.1 Å². The van der Waals surface area contributed by atoms with Crippen molar-refractivity contribution in [3.63, 3.8) is 0 Å². The van der Waals surface area contributed by atoms with E-state index in [0.29, 0.717) is 0 Å². The molecule has 1 aromatic rings. The van der Waals surface area contributed by atoms with Crippen LogP contribution in [0.5, 0.6) is 0 Å². The highest BCUT2D eigenvalue weighted by Crippen LogP contribution is 2.08. The van der Waals surface area contributed by atoms with Gasteiger partial charge in [0.15, 0.2) is 0 Å². The number of hydrogen-bond donors (Lipinski definition) is 2. The molecule has 0 fully saturated rings. The summed E-state index contributed by atoms with van der Waals surface area (Å²) in [5.41, 5.74) is 4.82. The van der Waals surface area contributed by atoms with Gasteiger partial charge in [-0.25, -0.2) is 13.8 Å². The van der Waals surface area contributed by atoms with Crippen LogP contribution in [0.3, 0.4) is 0 Å². The molecule has 82 valence electrons. The summed E-state index contributed by atoms with van der Waals surface area (Å²) in [4.78, 5) is 3.43. The van der Waals surface area contributed by atoms with Crippen molar-refractivity contribution in [2.24, 2.45) is 21.7 Å². The molecule has 0 aliphatic rings. The zero-order chi connectivity index (χ0) is 10.6. The Morgan fingerprint density at radius 3 is 2.27 bits per heavy atom. The molecular weight excluding hydrogens is 226 g/mol. The van der Waals surface area contributed by atoms with E-state index in [1.54, 1.807) is 0 Å². The van der Waals surface area contributed by atoms with Crippen LogP contribution in [0.4, 0.5) is 8.78 Å². The molecule has 15 heavy (non-hydrogen) atoms. The smallest absolute Gasteiger partial charge is 0.236 e. The second-order valence-electron chi connectivity index (χ2n) is 2.38. The van der Waals surface area contributed by atoms with E-state index in [1.165, 1.54) is 6.07 Å².